The van der Waals surface area contributed by atoms with E-state index in [1.165, 1.54) is 30.7 Å². The number of aliphatic hydroxyl groups is 1. The molecule has 2 fully saturated rings. The maximum atomic E-state index is 12.3. The molecule has 2 saturated carbocycles. The van der Waals surface area contributed by atoms with Crippen LogP contribution in [0.15, 0.2) is 119 Å². The molecule has 0 unspecified atom stereocenters. The summed E-state index contributed by atoms with van der Waals surface area (Å²) in [5, 5.41) is 16.1. The predicted octanol–water partition coefficient (Wildman–Crippen LogP) is 8.94. The number of anilines is 2. The average molecular weight is 755 g/mol. The first kappa shape index (κ1) is 40.4. The first-order valence-electron chi connectivity index (χ1n) is 17.6. The fourth-order valence-electron chi connectivity index (χ4n) is 6.16. The first-order valence-corrected chi connectivity index (χ1v) is 21.3. The maximum Gasteiger partial charge on any atom is 0.296 e. The van der Waals surface area contributed by atoms with Crippen molar-refractivity contribution in [3.8, 4) is 0 Å². The molecule has 6 rings (SSSR count). The quantitative estimate of drug-likeness (QED) is 0.108. The molecule has 0 aromatic heterocycles. The molecule has 0 bridgehead atoms. The van der Waals surface area contributed by atoms with Gasteiger partial charge in [0, 0.05) is 40.7 Å². The van der Waals surface area contributed by atoms with Gasteiger partial charge in [0.05, 0.1) is 16.4 Å². The van der Waals surface area contributed by atoms with E-state index in [9.17, 15) is 16.8 Å². The Morgan fingerprint density at radius 2 is 0.980 bits per heavy atom. The molecular weight excluding hydrogens is 704 g/mol. The van der Waals surface area contributed by atoms with Gasteiger partial charge in [0.15, 0.2) is 0 Å². The average Bonchev–Trinajstić information content (AvgIpc) is 3.13. The molecule has 4 aromatic rings. The summed E-state index contributed by atoms with van der Waals surface area (Å²) in [5.74, 6) is 0.841. The van der Waals surface area contributed by atoms with Gasteiger partial charge in [0.2, 0.25) is 0 Å². The summed E-state index contributed by atoms with van der Waals surface area (Å²) in [7, 11) is -2.12. The number of aliphatic hydroxyl groups excluding tert-OH is 1. The summed E-state index contributed by atoms with van der Waals surface area (Å²) in [6.45, 7) is 4.44. The highest BCUT2D eigenvalue weighted by atomic mass is 35.7. The minimum absolute atomic E-state index is 0.143. The van der Waals surface area contributed by atoms with Crippen LogP contribution in [0.4, 0.5) is 11.4 Å². The third-order valence-corrected chi connectivity index (χ3v) is 12.0. The molecule has 2 aliphatic rings. The van der Waals surface area contributed by atoms with E-state index in [2.05, 4.69) is 47.0 Å². The monoisotopic (exact) mass is 754 g/mol. The number of hydrogen-bond acceptors (Lipinski definition) is 8. The van der Waals surface area contributed by atoms with Crippen LogP contribution in [-0.2, 0) is 23.4 Å². The van der Waals surface area contributed by atoms with Crippen molar-refractivity contribution < 1.29 is 26.1 Å². The van der Waals surface area contributed by atoms with Crippen molar-refractivity contribution in [2.24, 2.45) is 11.8 Å². The van der Waals surface area contributed by atoms with Crippen molar-refractivity contribution in [3.63, 3.8) is 0 Å². The lowest BCUT2D eigenvalue weighted by molar-refractivity contribution is 0.186. The zero-order valence-corrected chi connectivity index (χ0v) is 31.8. The third kappa shape index (κ3) is 14.3. The third-order valence-electron chi connectivity index (χ3n) is 9.31. The Bertz CT molecular complexity index is 1790. The van der Waals surface area contributed by atoms with Gasteiger partial charge in [0.25, 0.3) is 19.2 Å². The summed E-state index contributed by atoms with van der Waals surface area (Å²) in [5.41, 5.74) is 4.39. The Morgan fingerprint density at radius 1 is 0.588 bits per heavy atom. The van der Waals surface area contributed by atoms with Crippen LogP contribution in [0.1, 0.15) is 62.5 Å². The molecular formula is C40H51ClN2O6S2. The van der Waals surface area contributed by atoms with Gasteiger partial charge in [-0.15, -0.1) is 0 Å². The fourth-order valence-corrected chi connectivity index (χ4v) is 7.91. The van der Waals surface area contributed by atoms with Crippen molar-refractivity contribution in [1.29, 1.82) is 0 Å². The van der Waals surface area contributed by atoms with Crippen LogP contribution in [-0.4, -0.2) is 47.2 Å². The Balaban J connectivity index is 0.000000190. The predicted molar refractivity (Wildman–Crippen MR) is 207 cm³/mol. The molecule has 0 amide bonds. The number of hydrogen-bond donors (Lipinski definition) is 3. The van der Waals surface area contributed by atoms with E-state index in [0.29, 0.717) is 30.5 Å². The van der Waals surface area contributed by atoms with Crippen LogP contribution >= 0.6 is 10.7 Å². The highest BCUT2D eigenvalue weighted by Gasteiger charge is 2.24. The van der Waals surface area contributed by atoms with Gasteiger partial charge in [-0.25, -0.2) is 8.42 Å². The molecule has 4 aromatic carbocycles. The molecule has 0 heterocycles. The van der Waals surface area contributed by atoms with Crippen LogP contribution in [0.2, 0.25) is 0 Å². The number of rotatable bonds is 10. The molecule has 0 spiro atoms. The van der Waals surface area contributed by atoms with Crippen LogP contribution in [0.3, 0.4) is 0 Å². The van der Waals surface area contributed by atoms with E-state index in [-0.39, 0.29) is 16.4 Å². The number of benzene rings is 4. The van der Waals surface area contributed by atoms with Crippen molar-refractivity contribution in [2.45, 2.75) is 87.1 Å². The van der Waals surface area contributed by atoms with Crippen molar-refractivity contribution >= 4 is 41.2 Å². The standard InChI is InChI=1S/C20H25NO3S.C13H19NO.C7H7ClO2S/c1-16-7-13-20(14-8-16)25(22,23)24-15-17-9-11-19(12-10-17)21-18-5-3-2-4-6-18;15-10-11-6-8-13(9-7-11)14-12-4-2-1-3-5-12;1-6-2-4-7(5-3-6)11(8,9)10/h2-8,13-14,17,19,21H,9-12,15H2,1H3;1-5,11,13-15H,6-10H2;2-5H,1H3. The van der Waals surface area contributed by atoms with E-state index < -0.39 is 19.2 Å². The highest BCUT2D eigenvalue weighted by Crippen LogP contribution is 2.28. The molecule has 0 atom stereocenters. The van der Waals surface area contributed by atoms with Crippen LogP contribution in [0.5, 0.6) is 0 Å². The molecule has 8 nitrogen and oxygen atoms in total. The molecule has 2 aliphatic carbocycles. The SMILES string of the molecule is Cc1ccc(S(=O)(=O)Cl)cc1.Cc1ccc(S(=O)(=O)OCC2CCC(Nc3ccccc3)CC2)cc1.OCC1CCC(Nc2ccccc2)CC1. The van der Waals surface area contributed by atoms with Gasteiger partial charge in [-0.2, -0.15) is 8.42 Å². The van der Waals surface area contributed by atoms with Crippen LogP contribution in [0, 0.1) is 25.7 Å². The largest absolute Gasteiger partial charge is 0.396 e. The minimum Gasteiger partial charge on any atom is -0.396 e. The normalized spacial score (nSPS) is 20.5. The van der Waals surface area contributed by atoms with Crippen molar-refractivity contribution in [3.05, 3.63) is 120 Å². The smallest absolute Gasteiger partial charge is 0.296 e. The van der Waals surface area contributed by atoms with Crippen molar-refractivity contribution in [1.82, 2.24) is 0 Å². The number of halogens is 1. The van der Waals surface area contributed by atoms with Crippen LogP contribution in [0.25, 0.3) is 0 Å². The second-order valence-electron chi connectivity index (χ2n) is 13.4. The van der Waals surface area contributed by atoms with Gasteiger partial charge < -0.3 is 15.7 Å². The maximum absolute atomic E-state index is 12.3. The summed E-state index contributed by atoms with van der Waals surface area (Å²) >= 11 is 0. The summed E-state index contributed by atoms with van der Waals surface area (Å²) in [6, 6.07) is 34.8. The van der Waals surface area contributed by atoms with Gasteiger partial charge in [0.1, 0.15) is 0 Å². The number of nitrogens with one attached hydrogen (secondary N) is 2. The molecule has 276 valence electrons. The van der Waals surface area contributed by atoms with Gasteiger partial charge in [-0.05, 0) is 126 Å². The van der Waals surface area contributed by atoms with E-state index in [4.69, 9.17) is 20.0 Å². The molecule has 0 saturated heterocycles. The zero-order valence-electron chi connectivity index (χ0n) is 29.5. The first-order chi connectivity index (χ1) is 24.4. The van der Waals surface area contributed by atoms with Crippen LogP contribution < -0.4 is 10.6 Å². The van der Waals surface area contributed by atoms with E-state index >= 15 is 0 Å². The highest BCUT2D eigenvalue weighted by molar-refractivity contribution is 8.13. The number of aryl methyl sites for hydroxylation is 2. The summed E-state index contributed by atoms with van der Waals surface area (Å²) < 4.78 is 51.2. The zero-order chi connectivity index (χ0) is 36.7. The van der Waals surface area contributed by atoms with E-state index in [1.807, 2.05) is 38.1 Å². The lowest BCUT2D eigenvalue weighted by Gasteiger charge is -2.29. The molecule has 0 aliphatic heterocycles. The second-order valence-corrected chi connectivity index (χ2v) is 17.6. The molecule has 11 heteroatoms. The Morgan fingerprint density at radius 3 is 1.37 bits per heavy atom. The Labute approximate surface area is 309 Å². The molecule has 51 heavy (non-hydrogen) atoms. The van der Waals surface area contributed by atoms with Crippen molar-refractivity contribution in [2.75, 3.05) is 23.8 Å². The molecule has 3 N–H and O–H groups in total. The Hall–Kier alpha value is -3.41. The topological polar surface area (TPSA) is 122 Å². The lowest BCUT2D eigenvalue weighted by atomic mass is 9.86. The van der Waals surface area contributed by atoms with Gasteiger partial charge >= 0.3 is 0 Å². The van der Waals surface area contributed by atoms with Gasteiger partial charge in [-0.1, -0.05) is 71.8 Å². The lowest BCUT2D eigenvalue weighted by Crippen LogP contribution is -2.28. The Kier molecular flexibility index (Phi) is 15.8. The number of para-hydroxylation sites is 2. The minimum atomic E-state index is -3.65. The summed E-state index contributed by atoms with van der Waals surface area (Å²) in [4.78, 5) is 0.377. The van der Waals surface area contributed by atoms with E-state index in [0.717, 1.165) is 55.3 Å². The fraction of sp³-hybridized carbons (Fsp3) is 0.400. The van der Waals surface area contributed by atoms with Gasteiger partial charge in [-0.3, -0.25) is 4.18 Å². The molecule has 0 radical (unpaired) electrons. The van der Waals surface area contributed by atoms with E-state index in [1.54, 1.807) is 36.4 Å². The second kappa shape index (κ2) is 20.0. The summed E-state index contributed by atoms with van der Waals surface area (Å²) in [6.07, 6.45) is 8.70.